The number of hydrogen-bond donors (Lipinski definition) is 1. The molecular weight excluding hydrogens is 688 g/mol. The van der Waals surface area contributed by atoms with Crippen LogP contribution in [0.5, 0.6) is 5.75 Å². The molecule has 6 atom stereocenters. The molecule has 2 heterocycles. The van der Waals surface area contributed by atoms with Crippen molar-refractivity contribution in [1.29, 1.82) is 0 Å². The van der Waals surface area contributed by atoms with Crippen molar-refractivity contribution in [1.82, 2.24) is 0 Å². The van der Waals surface area contributed by atoms with Crippen LogP contribution >= 0.6 is 11.6 Å². The molecular formula is C44H33ClN2O6. The van der Waals surface area contributed by atoms with Gasteiger partial charge in [0.25, 0.3) is 0 Å². The Kier molecular flexibility index (Phi) is 7.54. The molecule has 0 radical (unpaired) electrons. The van der Waals surface area contributed by atoms with Crippen molar-refractivity contribution in [3.63, 3.8) is 0 Å². The van der Waals surface area contributed by atoms with Crippen LogP contribution in [0.3, 0.4) is 0 Å². The topological polar surface area (TPSA) is 112 Å². The van der Waals surface area contributed by atoms with Gasteiger partial charge >= 0.3 is 0 Å². The van der Waals surface area contributed by atoms with Gasteiger partial charge in [-0.3, -0.25) is 28.9 Å². The highest BCUT2D eigenvalue weighted by Gasteiger charge is 2.70. The molecule has 9 rings (SSSR count). The molecule has 53 heavy (non-hydrogen) atoms. The lowest BCUT2D eigenvalue weighted by Crippen LogP contribution is -2.53. The summed E-state index contributed by atoms with van der Waals surface area (Å²) in [6.07, 6.45) is 2.45. The molecule has 9 heteroatoms. The minimum Gasteiger partial charge on any atom is -0.507 e. The Morgan fingerprint density at radius 1 is 0.736 bits per heavy atom. The van der Waals surface area contributed by atoms with E-state index in [1.807, 2.05) is 66.7 Å². The second kappa shape index (κ2) is 12.1. The molecule has 2 aliphatic carbocycles. The molecule has 1 saturated carbocycles. The minimum absolute atomic E-state index is 0.0806. The first-order valence-corrected chi connectivity index (χ1v) is 18.1. The van der Waals surface area contributed by atoms with Crippen LogP contribution in [0.15, 0.2) is 127 Å². The Morgan fingerprint density at radius 2 is 1.45 bits per heavy atom. The molecule has 2 saturated heterocycles. The molecule has 5 aromatic rings. The largest absolute Gasteiger partial charge is 0.507 e. The van der Waals surface area contributed by atoms with Crippen LogP contribution in [0, 0.1) is 23.7 Å². The van der Waals surface area contributed by atoms with Gasteiger partial charge in [-0.15, -0.1) is 0 Å². The lowest BCUT2D eigenvalue weighted by Gasteiger charge is -2.51. The molecule has 0 bridgehead atoms. The van der Waals surface area contributed by atoms with E-state index < -0.39 is 46.8 Å². The highest BCUT2D eigenvalue weighted by molar-refractivity contribution is 6.32. The van der Waals surface area contributed by atoms with Crippen molar-refractivity contribution in [2.75, 3.05) is 9.80 Å². The van der Waals surface area contributed by atoms with E-state index in [0.717, 1.165) is 16.5 Å². The van der Waals surface area contributed by atoms with Crippen LogP contribution < -0.4 is 9.80 Å². The maximum absolute atomic E-state index is 15.5. The normalized spacial score (nSPS) is 26.4. The highest BCUT2D eigenvalue weighted by Crippen LogP contribution is 2.65. The highest BCUT2D eigenvalue weighted by atomic mass is 35.5. The molecule has 5 aromatic carbocycles. The third-order valence-corrected chi connectivity index (χ3v) is 12.2. The predicted molar refractivity (Wildman–Crippen MR) is 201 cm³/mol. The van der Waals surface area contributed by atoms with Gasteiger partial charge in [-0.1, -0.05) is 90.0 Å². The quantitative estimate of drug-likeness (QED) is 0.113. The standard InChI is InChI=1S/C44H33ClN2O6/c1-24(48)25-14-16-28(17-15-25)46-40(50)34-19-18-33-35(38(34)42(46)52)23-36-41(51)47(29-11-7-10-27(45)22-29)43(53)44(36,26-8-3-2-4-9-26)39(33)32-20-21-37(49)31-13-6-5-12-30(31)32/h2-18,20-22,34-36,38-39,49H,19,23H2,1H3/t34-,35+,36-,38-,39-,44+/m0/s1. The Balaban J connectivity index is 1.28. The number of fused-ring (bicyclic) bond motifs is 5. The SMILES string of the molecule is CC(=O)c1ccc(N2C(=O)[C@H]3[C@H](CC=C4[C@H]3C[C@H]3C(=O)N(c5cccc(Cl)c5)C(=O)[C@@]3(c3ccccc3)[C@H]4c3ccc(O)c4ccccc34)C2=O)cc1. The third kappa shape index (κ3) is 4.64. The van der Waals surface area contributed by atoms with E-state index in [1.54, 1.807) is 54.6 Å². The number of benzene rings is 5. The molecule has 2 aliphatic heterocycles. The number of carbonyl (C=O) groups is 5. The summed E-state index contributed by atoms with van der Waals surface area (Å²) in [5, 5.41) is 12.7. The zero-order valence-corrected chi connectivity index (χ0v) is 29.4. The maximum atomic E-state index is 15.5. The van der Waals surface area contributed by atoms with Crippen molar-refractivity contribution >= 4 is 63.2 Å². The molecule has 4 aliphatic rings. The number of phenolic OH excluding ortho intramolecular Hbond substituents is 1. The van der Waals surface area contributed by atoms with E-state index in [4.69, 9.17) is 11.6 Å². The molecule has 262 valence electrons. The minimum atomic E-state index is -1.44. The summed E-state index contributed by atoms with van der Waals surface area (Å²) >= 11 is 6.43. The lowest BCUT2D eigenvalue weighted by atomic mass is 9.49. The Morgan fingerprint density at radius 3 is 2.17 bits per heavy atom. The number of halogens is 1. The number of carbonyl (C=O) groups excluding carboxylic acids is 5. The van der Waals surface area contributed by atoms with Gasteiger partial charge in [-0.05, 0) is 90.7 Å². The number of hydrogen-bond acceptors (Lipinski definition) is 6. The zero-order chi connectivity index (χ0) is 36.8. The number of anilines is 2. The first-order chi connectivity index (χ1) is 25.6. The second-order valence-electron chi connectivity index (χ2n) is 14.4. The van der Waals surface area contributed by atoms with E-state index in [9.17, 15) is 19.5 Å². The fourth-order valence-electron chi connectivity index (χ4n) is 9.75. The van der Waals surface area contributed by atoms with Crippen LogP contribution in [-0.2, 0) is 24.6 Å². The summed E-state index contributed by atoms with van der Waals surface area (Å²) in [5.41, 5.74) is 2.00. The van der Waals surface area contributed by atoms with Gasteiger partial charge in [-0.25, -0.2) is 4.90 Å². The number of rotatable bonds is 5. The molecule has 0 aromatic heterocycles. The van der Waals surface area contributed by atoms with Gasteiger partial charge in [0.05, 0.1) is 34.5 Å². The summed E-state index contributed by atoms with van der Waals surface area (Å²) in [4.78, 5) is 73.8. The number of Topliss-reactive ketones (excluding diaryl/α,β-unsaturated/α-hetero) is 1. The predicted octanol–water partition coefficient (Wildman–Crippen LogP) is 7.77. The van der Waals surface area contributed by atoms with E-state index in [0.29, 0.717) is 32.9 Å². The van der Waals surface area contributed by atoms with Gasteiger partial charge in [0.15, 0.2) is 5.78 Å². The number of phenols is 1. The summed E-state index contributed by atoms with van der Waals surface area (Å²) in [6.45, 7) is 1.46. The average molecular weight is 721 g/mol. The number of nitrogens with zero attached hydrogens (tertiary/aromatic N) is 2. The smallest absolute Gasteiger partial charge is 0.246 e. The third-order valence-electron chi connectivity index (χ3n) is 11.9. The summed E-state index contributed by atoms with van der Waals surface area (Å²) in [6, 6.07) is 33.4. The number of ketones is 1. The molecule has 3 fully saturated rings. The van der Waals surface area contributed by atoms with Crippen molar-refractivity contribution in [3.8, 4) is 5.75 Å². The lowest BCUT2D eigenvalue weighted by molar-refractivity contribution is -0.127. The number of imide groups is 2. The van der Waals surface area contributed by atoms with Gasteiger partial charge < -0.3 is 5.11 Å². The molecule has 0 unspecified atom stereocenters. The van der Waals surface area contributed by atoms with E-state index in [2.05, 4.69) is 0 Å². The van der Waals surface area contributed by atoms with Crippen molar-refractivity contribution < 1.29 is 29.1 Å². The zero-order valence-electron chi connectivity index (χ0n) is 28.6. The van der Waals surface area contributed by atoms with Crippen molar-refractivity contribution in [2.24, 2.45) is 23.7 Å². The van der Waals surface area contributed by atoms with E-state index in [1.165, 1.54) is 16.7 Å². The maximum Gasteiger partial charge on any atom is 0.246 e. The molecule has 1 N–H and O–H groups in total. The van der Waals surface area contributed by atoms with Gasteiger partial charge in [0, 0.05) is 21.9 Å². The van der Waals surface area contributed by atoms with Gasteiger partial charge in [0.1, 0.15) is 5.75 Å². The van der Waals surface area contributed by atoms with Crippen LogP contribution in [-0.4, -0.2) is 34.5 Å². The number of amides is 4. The number of aromatic hydroxyl groups is 1. The van der Waals surface area contributed by atoms with Crippen LogP contribution in [0.2, 0.25) is 5.02 Å². The Labute approximate surface area is 310 Å². The molecule has 8 nitrogen and oxygen atoms in total. The Hall–Kier alpha value is -5.86. The van der Waals surface area contributed by atoms with Crippen LogP contribution in [0.25, 0.3) is 10.8 Å². The average Bonchev–Trinajstić information content (AvgIpc) is 3.56. The van der Waals surface area contributed by atoms with Crippen LogP contribution in [0.1, 0.15) is 47.2 Å². The summed E-state index contributed by atoms with van der Waals surface area (Å²) in [5.74, 6) is -5.19. The van der Waals surface area contributed by atoms with Crippen molar-refractivity contribution in [2.45, 2.75) is 31.1 Å². The first-order valence-electron chi connectivity index (χ1n) is 17.7. The van der Waals surface area contributed by atoms with E-state index >= 15 is 9.59 Å². The summed E-state index contributed by atoms with van der Waals surface area (Å²) in [7, 11) is 0. The fourth-order valence-corrected chi connectivity index (χ4v) is 9.93. The first kappa shape index (κ1) is 33.0. The monoisotopic (exact) mass is 720 g/mol. The molecule has 4 amide bonds. The fraction of sp³-hybridized carbons (Fsp3) is 0.205. The Bertz CT molecular complexity index is 2440. The second-order valence-corrected chi connectivity index (χ2v) is 14.9. The number of allylic oxidation sites excluding steroid dienone is 2. The van der Waals surface area contributed by atoms with E-state index in [-0.39, 0.29) is 36.2 Å². The van der Waals surface area contributed by atoms with Crippen LogP contribution in [0.4, 0.5) is 11.4 Å². The van der Waals surface area contributed by atoms with Crippen molar-refractivity contribution in [3.05, 3.63) is 149 Å². The molecule has 0 spiro atoms. The van der Waals surface area contributed by atoms with Gasteiger partial charge in [-0.2, -0.15) is 0 Å². The summed E-state index contributed by atoms with van der Waals surface area (Å²) < 4.78 is 0. The van der Waals surface area contributed by atoms with Gasteiger partial charge in [0.2, 0.25) is 23.6 Å².